The second kappa shape index (κ2) is 12.2. The monoisotopic (exact) mass is 604 g/mol. The lowest BCUT2D eigenvalue weighted by Crippen LogP contribution is -2.22. The summed E-state index contributed by atoms with van der Waals surface area (Å²) in [6.45, 7) is 7.00. The van der Waals surface area contributed by atoms with Crippen LogP contribution in [0.4, 0.5) is 15.8 Å². The molecule has 222 valence electrons. The number of anilines is 2. The Bertz CT molecular complexity index is 1880. The molecule has 0 radical (unpaired) electrons. The number of hydrogen-bond donors (Lipinski definition) is 1. The van der Waals surface area contributed by atoms with Gasteiger partial charge in [0.2, 0.25) is 0 Å². The van der Waals surface area contributed by atoms with Crippen molar-refractivity contribution in [1.82, 2.24) is 0 Å². The predicted octanol–water partition coefficient (Wildman–Crippen LogP) is 8.86. The third kappa shape index (κ3) is 5.44. The van der Waals surface area contributed by atoms with Crippen molar-refractivity contribution in [1.29, 1.82) is 0 Å². The molecule has 4 aromatic carbocycles. The van der Waals surface area contributed by atoms with Gasteiger partial charge >= 0.3 is 0 Å². The maximum absolute atomic E-state index is 13.4. The maximum Gasteiger partial charge on any atom is 0.291 e. The molecule has 5 nitrogen and oxygen atoms in total. The smallest absolute Gasteiger partial charge is 0.291 e. The fourth-order valence-electron chi connectivity index (χ4n) is 6.24. The topological polar surface area (TPSA) is 62.6 Å². The van der Waals surface area contributed by atoms with E-state index in [1.165, 1.54) is 24.0 Å². The zero-order valence-electron chi connectivity index (χ0n) is 25.2. The number of nitrogens with one attached hydrogen (secondary N) is 1. The maximum atomic E-state index is 13.4. The van der Waals surface area contributed by atoms with Gasteiger partial charge in [0.15, 0.2) is 5.76 Å². The molecule has 5 aromatic rings. The Morgan fingerprint density at radius 2 is 1.73 bits per heavy atom. The second-order valence-electron chi connectivity index (χ2n) is 11.2. The van der Waals surface area contributed by atoms with Crippen LogP contribution in [0.25, 0.3) is 22.3 Å². The van der Waals surface area contributed by atoms with Crippen LogP contribution in [0.15, 0.2) is 83.5 Å². The summed E-state index contributed by atoms with van der Waals surface area (Å²) in [5, 5.41) is 3.05. The van der Waals surface area contributed by atoms with Crippen LogP contribution >= 0.6 is 11.9 Å². The summed E-state index contributed by atoms with van der Waals surface area (Å²) >= 11 is 1.66. The molecule has 7 heteroatoms. The SMILES string of the molecule is CSN1Cc2ccc(NC(=O)c3occc3Cc3ccc(F)cc3)cc2-c2c(C)c(-c3ccc(C)cc3)c(CC=O)c(C)c21. The fraction of sp³-hybridized carbons (Fsp3) is 0.189. The Morgan fingerprint density at radius 3 is 2.43 bits per heavy atom. The third-order valence-corrected chi connectivity index (χ3v) is 9.16. The van der Waals surface area contributed by atoms with Crippen molar-refractivity contribution in [2.24, 2.45) is 0 Å². The van der Waals surface area contributed by atoms with Gasteiger partial charge in [-0.25, -0.2) is 4.39 Å². The van der Waals surface area contributed by atoms with E-state index in [1.807, 2.05) is 12.1 Å². The van der Waals surface area contributed by atoms with Crippen molar-refractivity contribution in [2.75, 3.05) is 15.9 Å². The molecule has 1 N–H and O–H groups in total. The molecule has 1 aromatic heterocycles. The molecule has 0 unspecified atom stereocenters. The Balaban J connectivity index is 1.41. The second-order valence-corrected chi connectivity index (χ2v) is 12.0. The van der Waals surface area contributed by atoms with Gasteiger partial charge in [0.05, 0.1) is 18.5 Å². The molecule has 0 saturated heterocycles. The lowest BCUT2D eigenvalue weighted by atomic mass is 9.81. The van der Waals surface area contributed by atoms with Gasteiger partial charge < -0.3 is 18.8 Å². The summed E-state index contributed by atoms with van der Waals surface area (Å²) in [6, 6.07) is 22.5. The van der Waals surface area contributed by atoms with Crippen LogP contribution in [0.2, 0.25) is 0 Å². The number of halogens is 1. The van der Waals surface area contributed by atoms with E-state index in [2.05, 4.69) is 67.0 Å². The van der Waals surface area contributed by atoms with Gasteiger partial charge in [-0.1, -0.05) is 60.0 Å². The quantitative estimate of drug-likeness (QED) is 0.142. The third-order valence-electron chi connectivity index (χ3n) is 8.41. The highest BCUT2D eigenvalue weighted by atomic mass is 32.2. The number of aldehydes is 1. The molecule has 0 saturated carbocycles. The lowest BCUT2D eigenvalue weighted by Gasteiger charge is -2.36. The first kappa shape index (κ1) is 29.5. The average Bonchev–Trinajstić information content (AvgIpc) is 3.49. The summed E-state index contributed by atoms with van der Waals surface area (Å²) in [5.41, 5.74) is 13.3. The van der Waals surface area contributed by atoms with Gasteiger partial charge in [-0.15, -0.1) is 0 Å². The normalized spacial score (nSPS) is 12.1. The zero-order chi connectivity index (χ0) is 31.0. The van der Waals surface area contributed by atoms with Crippen LogP contribution in [-0.4, -0.2) is 18.4 Å². The number of aryl methyl sites for hydroxylation is 1. The highest BCUT2D eigenvalue weighted by Gasteiger charge is 2.30. The molecule has 1 aliphatic rings. The van der Waals surface area contributed by atoms with Crippen molar-refractivity contribution in [2.45, 2.75) is 40.2 Å². The molecule has 44 heavy (non-hydrogen) atoms. The minimum absolute atomic E-state index is 0.230. The number of nitrogens with zero attached hydrogens (tertiary/aromatic N) is 1. The van der Waals surface area contributed by atoms with E-state index in [0.29, 0.717) is 25.1 Å². The van der Waals surface area contributed by atoms with Crippen LogP contribution in [0.5, 0.6) is 0 Å². The number of carbonyl (C=O) groups excluding carboxylic acids is 2. The minimum Gasteiger partial charge on any atom is -0.459 e. The van der Waals surface area contributed by atoms with Gasteiger partial charge in [-0.05, 0) is 95.6 Å². The number of fused-ring (bicyclic) bond motifs is 3. The first-order valence-electron chi connectivity index (χ1n) is 14.5. The highest BCUT2D eigenvalue weighted by Crippen LogP contribution is 2.50. The van der Waals surface area contributed by atoms with Crippen LogP contribution < -0.4 is 9.62 Å². The molecule has 2 heterocycles. The number of carbonyl (C=O) groups is 2. The first-order valence-corrected chi connectivity index (χ1v) is 15.7. The Morgan fingerprint density at radius 1 is 0.977 bits per heavy atom. The van der Waals surface area contributed by atoms with E-state index < -0.39 is 0 Å². The summed E-state index contributed by atoms with van der Waals surface area (Å²) in [6.07, 6.45) is 5.34. The van der Waals surface area contributed by atoms with Crippen molar-refractivity contribution in [3.05, 3.63) is 130 Å². The first-order chi connectivity index (χ1) is 21.3. The Hall–Kier alpha value is -4.62. The van der Waals surface area contributed by atoms with Crippen molar-refractivity contribution < 1.29 is 18.4 Å². The number of amides is 1. The number of rotatable bonds is 8. The molecule has 0 spiro atoms. The van der Waals surface area contributed by atoms with Crippen molar-refractivity contribution in [3.8, 4) is 22.3 Å². The lowest BCUT2D eigenvalue weighted by molar-refractivity contribution is -0.107. The van der Waals surface area contributed by atoms with Crippen LogP contribution in [0, 0.1) is 26.6 Å². The molecule has 1 aliphatic heterocycles. The van der Waals surface area contributed by atoms with Gasteiger partial charge in [0.25, 0.3) is 5.91 Å². The Labute approximate surface area is 261 Å². The summed E-state index contributed by atoms with van der Waals surface area (Å²) in [7, 11) is 0. The summed E-state index contributed by atoms with van der Waals surface area (Å²) in [4.78, 5) is 25.3. The van der Waals surface area contributed by atoms with Crippen molar-refractivity contribution >= 4 is 35.5 Å². The molecular formula is C37H33FN2O3S. The van der Waals surface area contributed by atoms with Gasteiger partial charge in [0, 0.05) is 35.9 Å². The van der Waals surface area contributed by atoms with Gasteiger partial charge in [-0.3, -0.25) is 4.79 Å². The van der Waals surface area contributed by atoms with Crippen LogP contribution in [0.1, 0.15) is 49.5 Å². The average molecular weight is 605 g/mol. The fourth-order valence-corrected chi connectivity index (χ4v) is 6.92. The number of benzene rings is 4. The standard InChI is InChI=1S/C37H33FN2O3S/c1-22-5-9-26(10-6-22)33-24(3)34-32-20-30(14-11-28(32)21-40(44-4)35(34)23(2)31(33)15-17-41)39-37(42)36-27(16-18-43-36)19-25-7-12-29(38)13-8-25/h5-14,16-18,20H,15,19,21H2,1-4H3,(H,39,42). The number of hydrogen-bond acceptors (Lipinski definition) is 5. The molecular weight excluding hydrogens is 571 g/mol. The van der Waals surface area contributed by atoms with E-state index in [4.69, 9.17) is 4.42 Å². The molecule has 6 rings (SSSR count). The van der Waals surface area contributed by atoms with Crippen LogP contribution in [-0.2, 0) is 24.2 Å². The number of furan rings is 1. The molecule has 1 amide bonds. The van der Waals surface area contributed by atoms with Gasteiger partial charge in [0.1, 0.15) is 12.1 Å². The van der Waals surface area contributed by atoms with Crippen molar-refractivity contribution in [3.63, 3.8) is 0 Å². The summed E-state index contributed by atoms with van der Waals surface area (Å²) < 4.78 is 21.3. The van der Waals surface area contributed by atoms with E-state index in [1.54, 1.807) is 30.1 Å². The predicted molar refractivity (Wildman–Crippen MR) is 177 cm³/mol. The zero-order valence-corrected chi connectivity index (χ0v) is 26.0. The molecule has 0 aliphatic carbocycles. The molecule has 0 fully saturated rings. The Kier molecular flexibility index (Phi) is 8.15. The van der Waals surface area contributed by atoms with E-state index >= 15 is 0 Å². The molecule has 0 bridgehead atoms. The van der Waals surface area contributed by atoms with Crippen LogP contribution in [0.3, 0.4) is 0 Å². The van der Waals surface area contributed by atoms with E-state index in [9.17, 15) is 14.0 Å². The van der Waals surface area contributed by atoms with E-state index in [-0.39, 0.29) is 17.5 Å². The minimum atomic E-state index is -0.344. The van der Waals surface area contributed by atoms with E-state index in [0.717, 1.165) is 67.6 Å². The largest absolute Gasteiger partial charge is 0.459 e. The summed E-state index contributed by atoms with van der Waals surface area (Å²) in [5.74, 6) is -0.415. The highest BCUT2D eigenvalue weighted by molar-refractivity contribution is 7.99. The van der Waals surface area contributed by atoms with Gasteiger partial charge in [-0.2, -0.15) is 0 Å². The molecule has 0 atom stereocenters.